The highest BCUT2D eigenvalue weighted by Gasteiger charge is 2.75. The summed E-state index contributed by atoms with van der Waals surface area (Å²) in [7, 11) is -3.86. The molecule has 3 atom stereocenters. The molecule has 3 unspecified atom stereocenters. The standard InChI is InChI=1S/C18H18ClNO4S/c1-11-5-7-14(8-6-11)25(23,24)16-15(18(16,10-20)17(21)22)12-3-2-4-13(19)9-12/h2-9,15-16H,10,20H2,1H3,(H,21,22). The SMILES string of the molecule is Cc1ccc(S(=O)(=O)C2C(c3cccc(Cl)c3)C2(CN)C(=O)O)cc1. The number of sulfone groups is 1. The van der Waals surface area contributed by atoms with Gasteiger partial charge in [0.1, 0.15) is 5.41 Å². The summed E-state index contributed by atoms with van der Waals surface area (Å²) in [5, 5.41) is 9.05. The van der Waals surface area contributed by atoms with Gasteiger partial charge < -0.3 is 10.8 Å². The molecule has 0 heterocycles. The minimum absolute atomic E-state index is 0.103. The molecule has 0 bridgehead atoms. The lowest BCUT2D eigenvalue weighted by Crippen LogP contribution is -2.31. The molecule has 7 heteroatoms. The van der Waals surface area contributed by atoms with Crippen LogP contribution < -0.4 is 5.73 Å². The number of hydrogen-bond acceptors (Lipinski definition) is 4. The number of halogens is 1. The molecule has 3 N–H and O–H groups in total. The summed E-state index contributed by atoms with van der Waals surface area (Å²) in [5.41, 5.74) is 5.69. The molecule has 1 aliphatic rings. The van der Waals surface area contributed by atoms with Crippen LogP contribution in [0.1, 0.15) is 17.0 Å². The zero-order valence-corrected chi connectivity index (χ0v) is 15.1. The monoisotopic (exact) mass is 379 g/mol. The zero-order valence-electron chi connectivity index (χ0n) is 13.5. The lowest BCUT2D eigenvalue weighted by atomic mass is 9.99. The Labute approximate surface area is 151 Å². The third-order valence-corrected chi connectivity index (χ3v) is 7.41. The second-order valence-electron chi connectivity index (χ2n) is 6.36. The quantitative estimate of drug-likeness (QED) is 0.832. The molecule has 1 fully saturated rings. The van der Waals surface area contributed by atoms with Crippen LogP contribution in [-0.2, 0) is 14.6 Å². The van der Waals surface area contributed by atoms with Crippen LogP contribution in [0.2, 0.25) is 5.02 Å². The largest absolute Gasteiger partial charge is 0.481 e. The lowest BCUT2D eigenvalue weighted by Gasteiger charge is -2.10. The van der Waals surface area contributed by atoms with Crippen molar-refractivity contribution in [1.82, 2.24) is 0 Å². The fourth-order valence-corrected chi connectivity index (χ4v) is 6.08. The van der Waals surface area contributed by atoms with Gasteiger partial charge in [-0.2, -0.15) is 0 Å². The number of benzene rings is 2. The summed E-state index contributed by atoms with van der Waals surface area (Å²) >= 11 is 6.00. The van der Waals surface area contributed by atoms with E-state index in [0.29, 0.717) is 10.6 Å². The van der Waals surface area contributed by atoms with Crippen molar-refractivity contribution in [2.75, 3.05) is 6.54 Å². The van der Waals surface area contributed by atoms with E-state index >= 15 is 0 Å². The van der Waals surface area contributed by atoms with Crippen LogP contribution >= 0.6 is 11.6 Å². The summed E-state index contributed by atoms with van der Waals surface area (Å²) in [6, 6.07) is 13.0. The van der Waals surface area contributed by atoms with Crippen LogP contribution in [0.3, 0.4) is 0 Å². The average Bonchev–Trinajstić information content (AvgIpc) is 3.27. The lowest BCUT2D eigenvalue weighted by molar-refractivity contribution is -0.143. The Kier molecular flexibility index (Phi) is 4.39. The molecule has 0 amide bonds. The van der Waals surface area contributed by atoms with Crippen molar-refractivity contribution >= 4 is 27.4 Å². The van der Waals surface area contributed by atoms with Gasteiger partial charge in [0.2, 0.25) is 0 Å². The van der Waals surface area contributed by atoms with E-state index in [1.165, 1.54) is 12.1 Å². The maximum atomic E-state index is 13.1. The predicted molar refractivity (Wildman–Crippen MR) is 95.5 cm³/mol. The Morgan fingerprint density at radius 3 is 2.40 bits per heavy atom. The third-order valence-electron chi connectivity index (χ3n) is 4.88. The molecular formula is C18H18ClNO4S. The van der Waals surface area contributed by atoms with E-state index in [9.17, 15) is 18.3 Å². The first-order valence-corrected chi connectivity index (χ1v) is 9.67. The van der Waals surface area contributed by atoms with Gasteiger partial charge >= 0.3 is 5.97 Å². The molecule has 2 aromatic rings. The van der Waals surface area contributed by atoms with Crippen LogP contribution in [0.5, 0.6) is 0 Å². The predicted octanol–water partition coefficient (Wildman–Crippen LogP) is 2.62. The van der Waals surface area contributed by atoms with Gasteiger partial charge in [0, 0.05) is 17.5 Å². The number of aryl methyl sites for hydroxylation is 1. The first-order valence-electron chi connectivity index (χ1n) is 7.74. The van der Waals surface area contributed by atoms with Gasteiger partial charge in [-0.3, -0.25) is 4.79 Å². The highest BCUT2D eigenvalue weighted by atomic mass is 35.5. The molecule has 0 aromatic heterocycles. The first-order chi connectivity index (χ1) is 11.7. The van der Waals surface area contributed by atoms with Gasteiger partial charge in [0.05, 0.1) is 10.1 Å². The Morgan fingerprint density at radius 2 is 1.88 bits per heavy atom. The van der Waals surface area contributed by atoms with Crippen molar-refractivity contribution < 1.29 is 18.3 Å². The molecule has 0 aliphatic heterocycles. The number of nitrogens with two attached hydrogens (primary N) is 1. The van der Waals surface area contributed by atoms with Gasteiger partial charge in [-0.1, -0.05) is 41.4 Å². The Hall–Kier alpha value is -1.89. The topological polar surface area (TPSA) is 97.5 Å². The van der Waals surface area contributed by atoms with E-state index in [0.717, 1.165) is 5.56 Å². The molecule has 132 valence electrons. The van der Waals surface area contributed by atoms with Crippen LogP contribution in [0, 0.1) is 12.3 Å². The molecule has 5 nitrogen and oxygen atoms in total. The van der Waals surface area contributed by atoms with Gasteiger partial charge in [0.25, 0.3) is 0 Å². The van der Waals surface area contributed by atoms with Gasteiger partial charge in [-0.05, 0) is 36.8 Å². The molecule has 3 rings (SSSR count). The molecule has 0 saturated heterocycles. The van der Waals surface area contributed by atoms with Gasteiger partial charge in [-0.15, -0.1) is 0 Å². The van der Waals surface area contributed by atoms with E-state index in [1.54, 1.807) is 36.4 Å². The highest BCUT2D eigenvalue weighted by Crippen LogP contribution is 2.63. The maximum absolute atomic E-state index is 13.1. The highest BCUT2D eigenvalue weighted by molar-refractivity contribution is 7.92. The number of rotatable bonds is 5. The summed E-state index contributed by atoms with van der Waals surface area (Å²) in [6.07, 6.45) is 0. The molecular weight excluding hydrogens is 362 g/mol. The van der Waals surface area contributed by atoms with Crippen molar-refractivity contribution in [3.63, 3.8) is 0 Å². The fourth-order valence-electron chi connectivity index (χ4n) is 3.49. The van der Waals surface area contributed by atoms with Crippen LogP contribution in [-0.4, -0.2) is 31.3 Å². The minimum Gasteiger partial charge on any atom is -0.481 e. The van der Waals surface area contributed by atoms with E-state index in [4.69, 9.17) is 17.3 Å². The summed E-state index contributed by atoms with van der Waals surface area (Å²) < 4.78 is 26.2. The molecule has 0 spiro atoms. The fraction of sp³-hybridized carbons (Fsp3) is 0.278. The second-order valence-corrected chi connectivity index (χ2v) is 8.87. The number of hydrogen-bond donors (Lipinski definition) is 2. The van der Waals surface area contributed by atoms with Crippen molar-refractivity contribution in [3.8, 4) is 0 Å². The average molecular weight is 380 g/mol. The first kappa shape index (κ1) is 17.9. The normalized spacial score (nSPS) is 25.6. The zero-order chi connectivity index (χ0) is 18.4. The minimum atomic E-state index is -3.86. The molecule has 0 radical (unpaired) electrons. The number of aliphatic carboxylic acids is 1. The van der Waals surface area contributed by atoms with Crippen LogP contribution in [0.25, 0.3) is 0 Å². The Balaban J connectivity index is 2.12. The molecule has 2 aromatic carbocycles. The van der Waals surface area contributed by atoms with Crippen LogP contribution in [0.15, 0.2) is 53.4 Å². The summed E-state index contributed by atoms with van der Waals surface area (Å²) in [6.45, 7) is 1.58. The number of carboxylic acids is 1. The van der Waals surface area contributed by atoms with Crippen molar-refractivity contribution in [2.24, 2.45) is 11.1 Å². The smallest absolute Gasteiger partial charge is 0.312 e. The maximum Gasteiger partial charge on any atom is 0.312 e. The summed E-state index contributed by atoms with van der Waals surface area (Å²) in [4.78, 5) is 12.1. The summed E-state index contributed by atoms with van der Waals surface area (Å²) in [5.74, 6) is -1.94. The number of carbonyl (C=O) groups is 1. The molecule has 1 aliphatic carbocycles. The van der Waals surface area contributed by atoms with E-state index < -0.39 is 32.4 Å². The van der Waals surface area contributed by atoms with Crippen molar-refractivity contribution in [1.29, 1.82) is 0 Å². The molecule has 25 heavy (non-hydrogen) atoms. The second kappa shape index (κ2) is 6.12. The molecule has 1 saturated carbocycles. The van der Waals surface area contributed by atoms with Crippen LogP contribution in [0.4, 0.5) is 0 Å². The van der Waals surface area contributed by atoms with E-state index in [1.807, 2.05) is 6.92 Å². The third kappa shape index (κ3) is 2.74. The van der Waals surface area contributed by atoms with Crippen molar-refractivity contribution in [2.45, 2.75) is 23.0 Å². The van der Waals surface area contributed by atoms with E-state index in [2.05, 4.69) is 0 Å². The Bertz CT molecular complexity index is 926. The Morgan fingerprint density at radius 1 is 1.24 bits per heavy atom. The van der Waals surface area contributed by atoms with Gasteiger partial charge in [-0.25, -0.2) is 8.42 Å². The van der Waals surface area contributed by atoms with E-state index in [-0.39, 0.29) is 11.4 Å². The van der Waals surface area contributed by atoms with Gasteiger partial charge in [0.15, 0.2) is 9.84 Å². The van der Waals surface area contributed by atoms with Crippen molar-refractivity contribution in [3.05, 3.63) is 64.7 Å². The number of carboxylic acid groups (broad SMARTS) is 1.